The van der Waals surface area contributed by atoms with Gasteiger partial charge in [0, 0.05) is 31.0 Å². The number of hydrogen-bond donors (Lipinski definition) is 0. The molecule has 86 valence electrons. The largest absolute Gasteiger partial charge is 0.378 e. The predicted molar refractivity (Wildman–Crippen MR) is 58.9 cm³/mol. The first-order valence-electron chi connectivity index (χ1n) is 5.96. The van der Waals surface area contributed by atoms with Crippen LogP contribution in [-0.2, 0) is 9.53 Å². The molecule has 0 N–H and O–H groups in total. The van der Waals surface area contributed by atoms with Crippen LogP contribution in [0.25, 0.3) is 0 Å². The minimum absolute atomic E-state index is 0.142. The molecule has 3 heteroatoms. The van der Waals surface area contributed by atoms with Gasteiger partial charge in [-0.15, -0.1) is 0 Å². The predicted octanol–water partition coefficient (Wildman–Crippen LogP) is 1.61. The third kappa shape index (κ3) is 2.40. The number of Topliss-reactive ketones (excluding diaryl/α,β-unsaturated/α-hetero) is 1. The quantitative estimate of drug-likeness (QED) is 0.660. The van der Waals surface area contributed by atoms with E-state index in [-0.39, 0.29) is 5.54 Å². The lowest BCUT2D eigenvalue weighted by Crippen LogP contribution is -2.57. The SMILES string of the molecule is CC1(C)COCCN1C1CCC(=O)CC1. The van der Waals surface area contributed by atoms with E-state index in [2.05, 4.69) is 18.7 Å². The molecule has 1 aliphatic carbocycles. The molecule has 2 rings (SSSR count). The van der Waals surface area contributed by atoms with Crippen molar-refractivity contribution in [2.24, 2.45) is 0 Å². The lowest BCUT2D eigenvalue weighted by Gasteiger charge is -2.47. The molecule has 0 unspecified atom stereocenters. The number of hydrogen-bond acceptors (Lipinski definition) is 3. The number of carbonyl (C=O) groups excluding carboxylic acids is 1. The highest BCUT2D eigenvalue weighted by Crippen LogP contribution is 2.28. The van der Waals surface area contributed by atoms with Crippen molar-refractivity contribution < 1.29 is 9.53 Å². The summed E-state index contributed by atoms with van der Waals surface area (Å²) in [5.41, 5.74) is 0.142. The van der Waals surface area contributed by atoms with Crippen LogP contribution in [0.3, 0.4) is 0 Å². The molecule has 0 spiro atoms. The zero-order valence-electron chi connectivity index (χ0n) is 9.79. The third-order valence-electron chi connectivity index (χ3n) is 3.66. The minimum atomic E-state index is 0.142. The van der Waals surface area contributed by atoms with Gasteiger partial charge in [0.05, 0.1) is 13.2 Å². The average molecular weight is 211 g/mol. The van der Waals surface area contributed by atoms with Crippen molar-refractivity contribution in [1.29, 1.82) is 0 Å². The molecule has 0 amide bonds. The number of ether oxygens (including phenoxy) is 1. The van der Waals surface area contributed by atoms with Gasteiger partial charge in [-0.3, -0.25) is 9.69 Å². The normalized spacial score (nSPS) is 29.3. The van der Waals surface area contributed by atoms with Crippen molar-refractivity contribution in [2.75, 3.05) is 19.8 Å². The second kappa shape index (κ2) is 4.22. The second-order valence-electron chi connectivity index (χ2n) is 5.33. The molecular weight excluding hydrogens is 190 g/mol. The summed E-state index contributed by atoms with van der Waals surface area (Å²) in [4.78, 5) is 13.8. The standard InChI is InChI=1S/C12H21NO2/c1-12(2)9-15-8-7-13(12)10-3-5-11(14)6-4-10/h10H,3-9H2,1-2H3. The summed E-state index contributed by atoms with van der Waals surface area (Å²) in [5, 5.41) is 0. The van der Waals surface area contributed by atoms with Gasteiger partial charge in [0.1, 0.15) is 5.78 Å². The fourth-order valence-electron chi connectivity index (χ4n) is 2.78. The highest BCUT2D eigenvalue weighted by Gasteiger charge is 2.36. The lowest BCUT2D eigenvalue weighted by atomic mass is 9.89. The highest BCUT2D eigenvalue weighted by molar-refractivity contribution is 5.79. The maximum Gasteiger partial charge on any atom is 0.133 e. The lowest BCUT2D eigenvalue weighted by molar-refractivity contribution is -0.124. The van der Waals surface area contributed by atoms with Gasteiger partial charge in [-0.05, 0) is 26.7 Å². The third-order valence-corrected chi connectivity index (χ3v) is 3.66. The number of morpholine rings is 1. The van der Waals surface area contributed by atoms with E-state index in [1.807, 2.05) is 0 Å². The van der Waals surface area contributed by atoms with Crippen LogP contribution in [0.5, 0.6) is 0 Å². The Hall–Kier alpha value is -0.410. The Bertz CT molecular complexity index is 240. The van der Waals surface area contributed by atoms with Crippen molar-refractivity contribution in [3.63, 3.8) is 0 Å². The van der Waals surface area contributed by atoms with Crippen LogP contribution >= 0.6 is 0 Å². The summed E-state index contributed by atoms with van der Waals surface area (Å²) < 4.78 is 5.52. The summed E-state index contributed by atoms with van der Waals surface area (Å²) in [6.07, 6.45) is 3.64. The summed E-state index contributed by atoms with van der Waals surface area (Å²) in [5.74, 6) is 0.442. The Labute approximate surface area is 91.8 Å². The Balaban J connectivity index is 1.99. The molecule has 1 aliphatic heterocycles. The molecule has 0 aromatic carbocycles. The number of carbonyl (C=O) groups is 1. The van der Waals surface area contributed by atoms with E-state index in [1.165, 1.54) is 0 Å². The van der Waals surface area contributed by atoms with Gasteiger partial charge >= 0.3 is 0 Å². The van der Waals surface area contributed by atoms with E-state index in [0.29, 0.717) is 11.8 Å². The van der Waals surface area contributed by atoms with Gasteiger partial charge in [-0.2, -0.15) is 0 Å². The van der Waals surface area contributed by atoms with Crippen molar-refractivity contribution >= 4 is 5.78 Å². The average Bonchev–Trinajstić information content (AvgIpc) is 2.19. The number of rotatable bonds is 1. The Morgan fingerprint density at radius 3 is 2.60 bits per heavy atom. The van der Waals surface area contributed by atoms with Crippen LogP contribution in [-0.4, -0.2) is 42.0 Å². The smallest absolute Gasteiger partial charge is 0.133 e. The zero-order valence-corrected chi connectivity index (χ0v) is 9.79. The van der Waals surface area contributed by atoms with Crippen molar-refractivity contribution in [3.8, 4) is 0 Å². The maximum absolute atomic E-state index is 11.2. The van der Waals surface area contributed by atoms with Gasteiger partial charge in [0.15, 0.2) is 0 Å². The molecule has 1 heterocycles. The first-order valence-corrected chi connectivity index (χ1v) is 5.96. The van der Waals surface area contributed by atoms with E-state index in [1.54, 1.807) is 0 Å². The van der Waals surface area contributed by atoms with Gasteiger partial charge in [0.25, 0.3) is 0 Å². The van der Waals surface area contributed by atoms with Crippen molar-refractivity contribution in [1.82, 2.24) is 4.90 Å². The maximum atomic E-state index is 11.2. The van der Waals surface area contributed by atoms with Crippen LogP contribution in [0.2, 0.25) is 0 Å². The summed E-state index contributed by atoms with van der Waals surface area (Å²) in [7, 11) is 0. The summed E-state index contributed by atoms with van der Waals surface area (Å²) in [6.45, 7) is 7.16. The van der Waals surface area contributed by atoms with E-state index >= 15 is 0 Å². The van der Waals surface area contributed by atoms with E-state index in [9.17, 15) is 4.79 Å². The molecule has 1 saturated carbocycles. The summed E-state index contributed by atoms with van der Waals surface area (Å²) >= 11 is 0. The topological polar surface area (TPSA) is 29.5 Å². The molecule has 3 nitrogen and oxygen atoms in total. The summed E-state index contributed by atoms with van der Waals surface area (Å²) in [6, 6.07) is 0.599. The van der Waals surface area contributed by atoms with E-state index in [0.717, 1.165) is 45.4 Å². The molecule has 0 radical (unpaired) electrons. The minimum Gasteiger partial charge on any atom is -0.378 e. The first-order chi connectivity index (χ1) is 7.09. The molecule has 0 atom stereocenters. The van der Waals surface area contributed by atoms with E-state index < -0.39 is 0 Å². The molecule has 2 fully saturated rings. The highest BCUT2D eigenvalue weighted by atomic mass is 16.5. The van der Waals surface area contributed by atoms with Crippen LogP contribution < -0.4 is 0 Å². The molecule has 0 bridgehead atoms. The van der Waals surface area contributed by atoms with E-state index in [4.69, 9.17) is 4.74 Å². The first kappa shape index (κ1) is 11.1. The van der Waals surface area contributed by atoms with Crippen LogP contribution in [0.15, 0.2) is 0 Å². The number of ketones is 1. The Morgan fingerprint density at radius 2 is 2.00 bits per heavy atom. The van der Waals surface area contributed by atoms with Gasteiger partial charge < -0.3 is 4.74 Å². The second-order valence-corrected chi connectivity index (χ2v) is 5.33. The monoisotopic (exact) mass is 211 g/mol. The Morgan fingerprint density at radius 1 is 1.33 bits per heavy atom. The van der Waals surface area contributed by atoms with Crippen LogP contribution in [0.4, 0.5) is 0 Å². The Kier molecular flexibility index (Phi) is 3.12. The van der Waals surface area contributed by atoms with Gasteiger partial charge in [0.2, 0.25) is 0 Å². The molecule has 0 aromatic rings. The molecular formula is C12H21NO2. The molecule has 15 heavy (non-hydrogen) atoms. The van der Waals surface area contributed by atoms with Gasteiger partial charge in [-0.25, -0.2) is 0 Å². The number of nitrogens with zero attached hydrogens (tertiary/aromatic N) is 1. The van der Waals surface area contributed by atoms with Gasteiger partial charge in [-0.1, -0.05) is 0 Å². The van der Waals surface area contributed by atoms with Crippen LogP contribution in [0, 0.1) is 0 Å². The zero-order chi connectivity index (χ0) is 10.9. The van der Waals surface area contributed by atoms with Crippen molar-refractivity contribution in [2.45, 2.75) is 51.1 Å². The van der Waals surface area contributed by atoms with Crippen molar-refractivity contribution in [3.05, 3.63) is 0 Å². The fraction of sp³-hybridized carbons (Fsp3) is 0.917. The molecule has 1 saturated heterocycles. The molecule has 2 aliphatic rings. The van der Waals surface area contributed by atoms with Crippen LogP contribution in [0.1, 0.15) is 39.5 Å². The molecule has 0 aromatic heterocycles. The fourth-order valence-corrected chi connectivity index (χ4v) is 2.78.